The summed E-state index contributed by atoms with van der Waals surface area (Å²) in [5.74, 6) is 2.19. The third-order valence-corrected chi connectivity index (χ3v) is 5.57. The van der Waals surface area contributed by atoms with Crippen LogP contribution in [0.4, 0.5) is 0 Å². The van der Waals surface area contributed by atoms with Gasteiger partial charge in [0.25, 0.3) is 0 Å². The second-order valence-corrected chi connectivity index (χ2v) is 9.56. The van der Waals surface area contributed by atoms with E-state index >= 15 is 0 Å². The Bertz CT molecular complexity index is 1290. The fourth-order valence-electron chi connectivity index (χ4n) is 3.77. The Balaban J connectivity index is 1.52. The maximum Gasteiger partial charge on any atom is 0.241 e. The van der Waals surface area contributed by atoms with Crippen LogP contribution in [0.25, 0.3) is 28.4 Å². The van der Waals surface area contributed by atoms with E-state index in [1.165, 1.54) is 0 Å². The van der Waals surface area contributed by atoms with E-state index in [4.69, 9.17) is 19.1 Å². The molecule has 0 amide bonds. The van der Waals surface area contributed by atoms with Gasteiger partial charge in [-0.15, -0.1) is 10.2 Å². The van der Waals surface area contributed by atoms with Gasteiger partial charge in [-0.3, -0.25) is 0 Å². The lowest BCUT2D eigenvalue weighted by Gasteiger charge is -2.20. The fourth-order valence-corrected chi connectivity index (χ4v) is 3.77. The summed E-state index contributed by atoms with van der Waals surface area (Å²) in [6.45, 7) is 11.0. The van der Waals surface area contributed by atoms with Gasteiger partial charge in [0.2, 0.25) is 17.7 Å². The third-order valence-electron chi connectivity index (χ3n) is 5.57. The summed E-state index contributed by atoms with van der Waals surface area (Å²) in [7, 11) is 0. The molecule has 0 unspecified atom stereocenters. The number of ether oxygens (including phenoxy) is 1. The summed E-state index contributed by atoms with van der Waals surface area (Å²) in [5, 5.41) is 8.36. The van der Waals surface area contributed by atoms with Gasteiger partial charge in [0.05, 0.1) is 17.6 Å². The van der Waals surface area contributed by atoms with Crippen LogP contribution in [0.5, 0.6) is 5.88 Å². The molecule has 0 bridgehead atoms. The molecule has 2 aromatic heterocycles. The lowest BCUT2D eigenvalue weighted by Crippen LogP contribution is -2.14. The van der Waals surface area contributed by atoms with E-state index in [0.717, 1.165) is 40.7 Å². The average molecular weight is 457 g/mol. The smallest absolute Gasteiger partial charge is 0.241 e. The number of hydrogen-bond acceptors (Lipinski definition) is 6. The number of benzene rings is 2. The van der Waals surface area contributed by atoms with E-state index in [0.29, 0.717) is 24.3 Å². The lowest BCUT2D eigenvalue weighted by molar-refractivity contribution is 0.316. The molecule has 4 aromatic rings. The Labute approximate surface area is 201 Å². The topological polar surface area (TPSA) is 73.9 Å². The summed E-state index contributed by atoms with van der Waals surface area (Å²) in [6.07, 6.45) is 5.97. The highest BCUT2D eigenvalue weighted by Crippen LogP contribution is 2.31. The predicted octanol–water partition coefficient (Wildman–Crippen LogP) is 6.87. The Morgan fingerprint density at radius 1 is 1.00 bits per heavy atom. The molecule has 34 heavy (non-hydrogen) atoms. The molecular formula is C28H32N4O2. The van der Waals surface area contributed by atoms with Gasteiger partial charge in [-0.1, -0.05) is 70.2 Å². The first-order chi connectivity index (χ1) is 16.3. The molecule has 2 aromatic carbocycles. The first-order valence-electron chi connectivity index (χ1n) is 11.8. The molecular weight excluding hydrogens is 424 g/mol. The summed E-state index contributed by atoms with van der Waals surface area (Å²) in [5.41, 5.74) is 4.52. The normalized spacial score (nSPS) is 12.2. The molecule has 0 spiro atoms. The summed E-state index contributed by atoms with van der Waals surface area (Å²) in [4.78, 5) is 9.55. The monoisotopic (exact) mass is 456 g/mol. The second-order valence-electron chi connectivity index (χ2n) is 9.56. The van der Waals surface area contributed by atoms with Gasteiger partial charge in [-0.25, -0.2) is 9.97 Å². The van der Waals surface area contributed by atoms with Crippen molar-refractivity contribution < 1.29 is 9.15 Å². The quantitative estimate of drug-likeness (QED) is 0.273. The van der Waals surface area contributed by atoms with E-state index in [1.54, 1.807) is 0 Å². The summed E-state index contributed by atoms with van der Waals surface area (Å²) in [6, 6.07) is 16.2. The van der Waals surface area contributed by atoms with Crippen LogP contribution in [0.3, 0.4) is 0 Å². The minimum absolute atomic E-state index is 0.000843. The van der Waals surface area contributed by atoms with Crippen molar-refractivity contribution in [1.82, 2.24) is 20.2 Å². The molecule has 0 saturated heterocycles. The number of rotatable bonds is 9. The number of para-hydroxylation sites is 2. The Morgan fingerprint density at radius 2 is 1.76 bits per heavy atom. The molecule has 6 nitrogen and oxygen atoms in total. The second kappa shape index (κ2) is 10.2. The van der Waals surface area contributed by atoms with Crippen LogP contribution in [-0.2, 0) is 6.42 Å². The SMILES string of the molecule is CCOc1nc2ccccc2nc1-c1cccc(/C=C/CC(C)(C)Cc2nnc(C(C)C)o2)c1. The van der Waals surface area contributed by atoms with Crippen LogP contribution < -0.4 is 4.74 Å². The van der Waals surface area contributed by atoms with Crippen LogP contribution in [0.15, 0.2) is 59.0 Å². The molecule has 0 fully saturated rings. The fraction of sp³-hybridized carbons (Fsp3) is 0.357. The highest BCUT2D eigenvalue weighted by molar-refractivity contribution is 5.80. The molecule has 6 heteroatoms. The standard InChI is InChI=1S/C28H32N4O2/c1-6-33-27-25(29-22-14-7-8-15-23(22)30-27)21-13-9-11-20(17-21)12-10-16-28(4,5)18-24-31-32-26(34-24)19(2)3/h7-15,17,19H,6,16,18H2,1-5H3/b12-10+. The molecule has 2 heterocycles. The van der Waals surface area contributed by atoms with Crippen LogP contribution >= 0.6 is 0 Å². The summed E-state index contributed by atoms with van der Waals surface area (Å²) < 4.78 is 11.6. The van der Waals surface area contributed by atoms with Crippen molar-refractivity contribution in [3.63, 3.8) is 0 Å². The molecule has 176 valence electrons. The Morgan fingerprint density at radius 3 is 2.47 bits per heavy atom. The number of aromatic nitrogens is 4. The van der Waals surface area contributed by atoms with Crippen molar-refractivity contribution in [2.45, 2.75) is 53.4 Å². The van der Waals surface area contributed by atoms with Crippen molar-refractivity contribution in [1.29, 1.82) is 0 Å². The van der Waals surface area contributed by atoms with Gasteiger partial charge in [-0.2, -0.15) is 0 Å². The van der Waals surface area contributed by atoms with Crippen LogP contribution in [0.1, 0.15) is 64.3 Å². The van der Waals surface area contributed by atoms with E-state index < -0.39 is 0 Å². The maximum atomic E-state index is 5.83. The van der Waals surface area contributed by atoms with E-state index in [-0.39, 0.29) is 11.3 Å². The van der Waals surface area contributed by atoms with Crippen molar-refractivity contribution in [2.24, 2.45) is 5.41 Å². The van der Waals surface area contributed by atoms with Crippen molar-refractivity contribution in [3.8, 4) is 17.1 Å². The molecule has 0 radical (unpaired) electrons. The first kappa shape index (κ1) is 23.6. The molecule has 0 aliphatic carbocycles. The van der Waals surface area contributed by atoms with Gasteiger partial charge in [0, 0.05) is 17.9 Å². The molecule has 0 N–H and O–H groups in total. The van der Waals surface area contributed by atoms with Gasteiger partial charge >= 0.3 is 0 Å². The van der Waals surface area contributed by atoms with E-state index in [1.807, 2.05) is 43.3 Å². The minimum Gasteiger partial charge on any atom is -0.476 e. The van der Waals surface area contributed by atoms with Gasteiger partial charge < -0.3 is 9.15 Å². The highest BCUT2D eigenvalue weighted by atomic mass is 16.5. The number of allylic oxidation sites excluding steroid dienone is 1. The lowest BCUT2D eigenvalue weighted by atomic mass is 9.85. The zero-order valence-electron chi connectivity index (χ0n) is 20.6. The number of nitrogens with zero attached hydrogens (tertiary/aromatic N) is 4. The minimum atomic E-state index is 0.000843. The predicted molar refractivity (Wildman–Crippen MR) is 136 cm³/mol. The highest BCUT2D eigenvalue weighted by Gasteiger charge is 2.21. The van der Waals surface area contributed by atoms with Crippen molar-refractivity contribution >= 4 is 17.1 Å². The summed E-state index contributed by atoms with van der Waals surface area (Å²) >= 11 is 0. The third kappa shape index (κ3) is 5.68. The zero-order valence-corrected chi connectivity index (χ0v) is 20.6. The molecule has 0 aliphatic heterocycles. The van der Waals surface area contributed by atoms with Crippen molar-refractivity contribution in [3.05, 3.63) is 72.0 Å². The van der Waals surface area contributed by atoms with Gasteiger partial charge in [-0.05, 0) is 42.5 Å². The Hall–Kier alpha value is -3.54. The van der Waals surface area contributed by atoms with Crippen LogP contribution in [0.2, 0.25) is 0 Å². The number of fused-ring (bicyclic) bond motifs is 1. The molecule has 0 aliphatic rings. The zero-order chi connectivity index (χ0) is 24.1. The molecule has 0 saturated carbocycles. The largest absolute Gasteiger partial charge is 0.476 e. The average Bonchev–Trinajstić information content (AvgIpc) is 3.27. The van der Waals surface area contributed by atoms with Crippen molar-refractivity contribution in [2.75, 3.05) is 6.61 Å². The van der Waals surface area contributed by atoms with E-state index in [9.17, 15) is 0 Å². The molecule has 0 atom stereocenters. The molecule has 4 rings (SSSR count). The van der Waals surface area contributed by atoms with Crippen LogP contribution in [0, 0.1) is 5.41 Å². The number of hydrogen-bond donors (Lipinski definition) is 0. The van der Waals surface area contributed by atoms with Crippen LogP contribution in [-0.4, -0.2) is 26.8 Å². The van der Waals surface area contributed by atoms with E-state index in [2.05, 4.69) is 62.2 Å². The van der Waals surface area contributed by atoms with Gasteiger partial charge in [0.1, 0.15) is 5.69 Å². The first-order valence-corrected chi connectivity index (χ1v) is 11.8. The maximum absolute atomic E-state index is 5.83. The Kier molecular flexibility index (Phi) is 7.06. The van der Waals surface area contributed by atoms with Gasteiger partial charge in [0.15, 0.2) is 0 Å².